The average molecular weight is 231 g/mol. The summed E-state index contributed by atoms with van der Waals surface area (Å²) in [5.41, 5.74) is 6.75. The minimum absolute atomic E-state index is 0.228. The van der Waals surface area contributed by atoms with Crippen molar-refractivity contribution in [1.82, 2.24) is 0 Å². The average Bonchev–Trinajstić information content (AvgIpc) is 2.40. The number of Topliss-reactive ketones (excluding diaryl/α,β-unsaturated/α-hetero) is 1. The van der Waals surface area contributed by atoms with E-state index in [9.17, 15) is 4.79 Å². The normalized spacial score (nSPS) is 18.9. The minimum atomic E-state index is -0.228. The van der Waals surface area contributed by atoms with E-state index < -0.39 is 0 Å². The summed E-state index contributed by atoms with van der Waals surface area (Å²) in [4.78, 5) is 12.4. The Kier molecular flexibility index (Phi) is 3.95. The van der Waals surface area contributed by atoms with Gasteiger partial charge in [0.15, 0.2) is 0 Å². The molecule has 0 aliphatic heterocycles. The molecule has 17 heavy (non-hydrogen) atoms. The summed E-state index contributed by atoms with van der Waals surface area (Å²) in [6.45, 7) is 0.513. The third-order valence-corrected chi connectivity index (χ3v) is 4.00. The third-order valence-electron chi connectivity index (χ3n) is 4.00. The van der Waals surface area contributed by atoms with E-state index in [1.54, 1.807) is 0 Å². The topological polar surface area (TPSA) is 43.1 Å². The van der Waals surface area contributed by atoms with E-state index in [1.165, 1.54) is 6.42 Å². The number of nitrogens with two attached hydrogens (primary N) is 1. The first-order valence-corrected chi connectivity index (χ1v) is 6.54. The van der Waals surface area contributed by atoms with Crippen molar-refractivity contribution in [3.8, 4) is 0 Å². The molecule has 1 aliphatic carbocycles. The molecule has 0 bridgehead atoms. The molecule has 1 aliphatic rings. The van der Waals surface area contributed by atoms with E-state index in [1.807, 2.05) is 30.3 Å². The lowest BCUT2D eigenvalue weighted by atomic mass is 9.70. The summed E-state index contributed by atoms with van der Waals surface area (Å²) in [5.74, 6) is 0.339. The lowest BCUT2D eigenvalue weighted by molar-refractivity contribution is -0.129. The van der Waals surface area contributed by atoms with Gasteiger partial charge in [-0.15, -0.1) is 0 Å². The maximum absolute atomic E-state index is 12.4. The Labute approximate surface area is 103 Å². The van der Waals surface area contributed by atoms with Crippen molar-refractivity contribution in [2.75, 3.05) is 6.54 Å². The Hall–Kier alpha value is -1.15. The summed E-state index contributed by atoms with van der Waals surface area (Å²) in [7, 11) is 0. The zero-order valence-corrected chi connectivity index (χ0v) is 10.3. The molecule has 2 rings (SSSR count). The van der Waals surface area contributed by atoms with Crippen molar-refractivity contribution in [2.45, 2.75) is 38.5 Å². The molecule has 2 heteroatoms. The lowest BCUT2D eigenvalue weighted by Crippen LogP contribution is -2.41. The second-order valence-electron chi connectivity index (χ2n) is 5.13. The molecule has 1 saturated carbocycles. The van der Waals surface area contributed by atoms with Crippen molar-refractivity contribution >= 4 is 5.78 Å². The van der Waals surface area contributed by atoms with Crippen molar-refractivity contribution in [3.63, 3.8) is 0 Å². The molecule has 0 amide bonds. The number of hydrogen-bond acceptors (Lipinski definition) is 2. The summed E-state index contributed by atoms with van der Waals surface area (Å²) in [6, 6.07) is 9.99. The van der Waals surface area contributed by atoms with Gasteiger partial charge in [0.25, 0.3) is 0 Å². The Morgan fingerprint density at radius 3 is 2.35 bits per heavy atom. The van der Waals surface area contributed by atoms with Gasteiger partial charge in [-0.3, -0.25) is 4.79 Å². The van der Waals surface area contributed by atoms with E-state index >= 15 is 0 Å². The molecule has 0 aromatic heterocycles. The fourth-order valence-corrected chi connectivity index (χ4v) is 2.79. The van der Waals surface area contributed by atoms with Crippen LogP contribution in [0.25, 0.3) is 0 Å². The zero-order valence-electron chi connectivity index (χ0n) is 10.3. The number of rotatable bonds is 4. The van der Waals surface area contributed by atoms with Crippen LogP contribution in [0, 0.1) is 5.41 Å². The molecule has 92 valence electrons. The first kappa shape index (κ1) is 12.3. The lowest BCUT2D eigenvalue weighted by Gasteiger charge is -2.34. The second-order valence-corrected chi connectivity index (χ2v) is 5.13. The minimum Gasteiger partial charge on any atom is -0.329 e. The smallest absolute Gasteiger partial charge is 0.144 e. The van der Waals surface area contributed by atoms with Gasteiger partial charge in [0.1, 0.15) is 5.78 Å². The highest BCUT2D eigenvalue weighted by atomic mass is 16.1. The maximum atomic E-state index is 12.4. The van der Waals surface area contributed by atoms with Crippen molar-refractivity contribution in [1.29, 1.82) is 0 Å². The van der Waals surface area contributed by atoms with Crippen LogP contribution in [0.2, 0.25) is 0 Å². The number of carbonyl (C=O) groups is 1. The van der Waals surface area contributed by atoms with Crippen LogP contribution < -0.4 is 5.73 Å². The largest absolute Gasteiger partial charge is 0.329 e. The fraction of sp³-hybridized carbons (Fsp3) is 0.533. The van der Waals surface area contributed by atoms with Gasteiger partial charge < -0.3 is 5.73 Å². The molecule has 0 saturated heterocycles. The van der Waals surface area contributed by atoms with Gasteiger partial charge in [-0.2, -0.15) is 0 Å². The van der Waals surface area contributed by atoms with Crippen LogP contribution in [0.15, 0.2) is 30.3 Å². The van der Waals surface area contributed by atoms with E-state index in [0.717, 1.165) is 31.2 Å². The van der Waals surface area contributed by atoms with Gasteiger partial charge in [0.2, 0.25) is 0 Å². The van der Waals surface area contributed by atoms with Gasteiger partial charge >= 0.3 is 0 Å². The Morgan fingerprint density at radius 2 is 1.76 bits per heavy atom. The van der Waals surface area contributed by atoms with E-state index in [2.05, 4.69) is 0 Å². The summed E-state index contributed by atoms with van der Waals surface area (Å²) in [6.07, 6.45) is 6.05. The van der Waals surface area contributed by atoms with Crippen LogP contribution in [-0.2, 0) is 11.2 Å². The Bertz CT molecular complexity index is 366. The van der Waals surface area contributed by atoms with Crippen molar-refractivity contribution in [3.05, 3.63) is 35.9 Å². The molecular formula is C15H21NO. The molecule has 2 N–H and O–H groups in total. The predicted molar refractivity (Wildman–Crippen MR) is 69.7 cm³/mol. The molecule has 0 unspecified atom stereocenters. The van der Waals surface area contributed by atoms with Crippen LogP contribution in [0.4, 0.5) is 0 Å². The van der Waals surface area contributed by atoms with Crippen LogP contribution in [0.5, 0.6) is 0 Å². The first-order chi connectivity index (χ1) is 8.27. The van der Waals surface area contributed by atoms with Crippen LogP contribution in [0.1, 0.15) is 37.7 Å². The number of carbonyl (C=O) groups excluding carboxylic acids is 1. The van der Waals surface area contributed by atoms with Crippen LogP contribution in [0.3, 0.4) is 0 Å². The van der Waals surface area contributed by atoms with Gasteiger partial charge in [-0.05, 0) is 18.4 Å². The first-order valence-electron chi connectivity index (χ1n) is 6.54. The molecule has 0 atom stereocenters. The fourth-order valence-electron chi connectivity index (χ4n) is 2.79. The molecular weight excluding hydrogens is 210 g/mol. The summed E-state index contributed by atoms with van der Waals surface area (Å²) in [5, 5.41) is 0. The quantitative estimate of drug-likeness (QED) is 0.865. The van der Waals surface area contributed by atoms with Crippen molar-refractivity contribution in [2.24, 2.45) is 11.1 Å². The second kappa shape index (κ2) is 5.46. The zero-order chi connectivity index (χ0) is 12.1. The molecule has 1 aromatic rings. The molecule has 0 radical (unpaired) electrons. The standard InChI is InChI=1S/C15H21NO/c16-12-15(9-5-2-6-10-15)14(17)11-13-7-3-1-4-8-13/h1,3-4,7-8H,2,5-6,9-12,16H2. The molecule has 1 aromatic carbocycles. The van der Waals surface area contributed by atoms with E-state index in [-0.39, 0.29) is 5.41 Å². The van der Waals surface area contributed by atoms with Crippen molar-refractivity contribution < 1.29 is 4.79 Å². The molecule has 0 spiro atoms. The highest BCUT2D eigenvalue weighted by Crippen LogP contribution is 2.37. The molecule has 2 nitrogen and oxygen atoms in total. The van der Waals surface area contributed by atoms with E-state index in [4.69, 9.17) is 5.73 Å². The SMILES string of the molecule is NCC1(C(=O)Cc2ccccc2)CCCCC1. The number of ketones is 1. The van der Waals surface area contributed by atoms with Crippen LogP contribution >= 0.6 is 0 Å². The predicted octanol–water partition coefficient (Wildman–Crippen LogP) is 2.71. The Morgan fingerprint density at radius 1 is 1.12 bits per heavy atom. The summed E-state index contributed by atoms with van der Waals surface area (Å²) < 4.78 is 0. The van der Waals surface area contributed by atoms with Gasteiger partial charge in [-0.25, -0.2) is 0 Å². The monoisotopic (exact) mass is 231 g/mol. The maximum Gasteiger partial charge on any atom is 0.144 e. The number of benzene rings is 1. The van der Waals surface area contributed by atoms with Gasteiger partial charge in [0, 0.05) is 18.4 Å². The number of hydrogen-bond donors (Lipinski definition) is 1. The highest BCUT2D eigenvalue weighted by molar-refractivity contribution is 5.87. The van der Waals surface area contributed by atoms with Crippen LogP contribution in [-0.4, -0.2) is 12.3 Å². The summed E-state index contributed by atoms with van der Waals surface area (Å²) >= 11 is 0. The molecule has 0 heterocycles. The highest BCUT2D eigenvalue weighted by Gasteiger charge is 2.37. The van der Waals surface area contributed by atoms with Gasteiger partial charge in [-0.1, -0.05) is 49.6 Å². The Balaban J connectivity index is 2.07. The van der Waals surface area contributed by atoms with Gasteiger partial charge in [0.05, 0.1) is 0 Å². The molecule has 1 fully saturated rings. The third kappa shape index (κ3) is 2.75. The van der Waals surface area contributed by atoms with E-state index in [0.29, 0.717) is 18.7 Å².